The van der Waals surface area contributed by atoms with Crippen LogP contribution in [0.25, 0.3) is 0 Å². The van der Waals surface area contributed by atoms with Crippen LogP contribution in [0.15, 0.2) is 17.1 Å². The number of hydrogen-bond acceptors (Lipinski definition) is 8. The minimum absolute atomic E-state index is 0.129. The molecule has 0 aliphatic rings. The van der Waals surface area contributed by atoms with E-state index in [4.69, 9.17) is 0 Å². The number of hydrogen-bond donors (Lipinski definition) is 2. The third kappa shape index (κ3) is 4.35. The molecule has 2 aromatic heterocycles. The molecule has 0 spiro atoms. The largest absolute Gasteiger partial charge is 0.364 e. The fourth-order valence-electron chi connectivity index (χ4n) is 1.63. The Kier molecular flexibility index (Phi) is 5.38. The fraction of sp³-hybridized carbons (Fsp3) is 0.417. The molecule has 0 aromatic carbocycles. The number of nitro groups is 1. The van der Waals surface area contributed by atoms with Gasteiger partial charge in [0.05, 0.1) is 16.1 Å². The lowest BCUT2D eigenvalue weighted by Crippen LogP contribution is -2.11. The second-order valence-corrected chi connectivity index (χ2v) is 4.99. The van der Waals surface area contributed by atoms with Gasteiger partial charge in [-0.25, -0.2) is 9.97 Å². The van der Waals surface area contributed by atoms with Gasteiger partial charge in [-0.1, -0.05) is 6.92 Å². The van der Waals surface area contributed by atoms with Crippen molar-refractivity contribution in [1.82, 2.24) is 15.0 Å². The van der Waals surface area contributed by atoms with Gasteiger partial charge in [-0.15, -0.1) is 11.3 Å². The van der Waals surface area contributed by atoms with Crippen molar-refractivity contribution in [3.8, 4) is 0 Å². The molecule has 0 saturated carbocycles. The van der Waals surface area contributed by atoms with E-state index >= 15 is 0 Å². The second-order valence-electron chi connectivity index (χ2n) is 4.27. The number of rotatable bonds is 8. The van der Waals surface area contributed by atoms with E-state index in [1.54, 1.807) is 5.51 Å². The Hall–Kier alpha value is -2.29. The first-order chi connectivity index (χ1) is 10.2. The highest BCUT2D eigenvalue weighted by atomic mass is 32.1. The van der Waals surface area contributed by atoms with Crippen LogP contribution in [0.2, 0.25) is 0 Å². The molecule has 8 nitrogen and oxygen atoms in total. The smallest absolute Gasteiger partial charge is 0.329 e. The standard InChI is InChI=1S/C12H16N6O2S/c1-2-4-14-12-15-6-10(18(19)20)11(17-12)13-5-3-9-7-21-8-16-9/h6-8H,2-5H2,1H3,(H2,13,14,15,17). The molecule has 2 N–H and O–H groups in total. The number of nitrogens with one attached hydrogen (secondary N) is 2. The molecule has 0 fully saturated rings. The van der Waals surface area contributed by atoms with Crippen LogP contribution in [-0.4, -0.2) is 33.0 Å². The van der Waals surface area contributed by atoms with Crippen molar-refractivity contribution >= 4 is 28.8 Å². The average molecular weight is 308 g/mol. The molecule has 0 aliphatic carbocycles. The maximum atomic E-state index is 11.0. The zero-order chi connectivity index (χ0) is 15.1. The summed E-state index contributed by atoms with van der Waals surface area (Å²) in [6.45, 7) is 3.26. The van der Waals surface area contributed by atoms with Gasteiger partial charge >= 0.3 is 5.69 Å². The Balaban J connectivity index is 2.04. The number of aromatic nitrogens is 3. The molecular formula is C12H16N6O2S. The van der Waals surface area contributed by atoms with Gasteiger partial charge in [-0.3, -0.25) is 10.1 Å². The summed E-state index contributed by atoms with van der Waals surface area (Å²) in [5, 5.41) is 18.9. The summed E-state index contributed by atoms with van der Waals surface area (Å²) >= 11 is 1.52. The van der Waals surface area contributed by atoms with Crippen LogP contribution in [0.4, 0.5) is 17.5 Å². The molecule has 2 rings (SSSR count). The number of anilines is 2. The maximum absolute atomic E-state index is 11.0. The third-order valence-corrected chi connectivity index (χ3v) is 3.29. The quantitative estimate of drug-likeness (QED) is 0.569. The Labute approximate surface area is 125 Å². The maximum Gasteiger partial charge on any atom is 0.329 e. The number of thiazole rings is 1. The molecule has 0 saturated heterocycles. The van der Waals surface area contributed by atoms with Gasteiger partial charge in [0.15, 0.2) is 0 Å². The fourth-order valence-corrected chi connectivity index (χ4v) is 2.22. The Morgan fingerprint density at radius 1 is 1.33 bits per heavy atom. The van der Waals surface area contributed by atoms with Crippen LogP contribution in [0.5, 0.6) is 0 Å². The van der Waals surface area contributed by atoms with Gasteiger partial charge in [0, 0.05) is 24.9 Å². The van der Waals surface area contributed by atoms with Crippen LogP contribution in [0, 0.1) is 10.1 Å². The summed E-state index contributed by atoms with van der Waals surface area (Å²) < 4.78 is 0. The molecular weight excluding hydrogens is 292 g/mol. The highest BCUT2D eigenvalue weighted by Crippen LogP contribution is 2.21. The summed E-state index contributed by atoms with van der Waals surface area (Å²) in [7, 11) is 0. The van der Waals surface area contributed by atoms with Crippen molar-refractivity contribution in [2.45, 2.75) is 19.8 Å². The minimum Gasteiger partial charge on any atom is -0.364 e. The van der Waals surface area contributed by atoms with E-state index < -0.39 is 4.92 Å². The predicted molar refractivity (Wildman–Crippen MR) is 81.8 cm³/mol. The van der Waals surface area contributed by atoms with Crippen molar-refractivity contribution in [2.75, 3.05) is 23.7 Å². The first-order valence-corrected chi connectivity index (χ1v) is 7.51. The normalized spacial score (nSPS) is 10.3. The topological polar surface area (TPSA) is 106 Å². The molecule has 9 heteroatoms. The molecule has 0 amide bonds. The zero-order valence-electron chi connectivity index (χ0n) is 11.6. The van der Waals surface area contributed by atoms with Crippen molar-refractivity contribution in [2.24, 2.45) is 0 Å². The SMILES string of the molecule is CCCNc1ncc([N+](=O)[O-])c(NCCc2cscn2)n1. The Morgan fingerprint density at radius 2 is 2.19 bits per heavy atom. The van der Waals surface area contributed by atoms with Crippen molar-refractivity contribution in [3.05, 3.63) is 32.9 Å². The molecule has 0 unspecified atom stereocenters. The van der Waals surface area contributed by atoms with Crippen LogP contribution in [0.3, 0.4) is 0 Å². The summed E-state index contributed by atoms with van der Waals surface area (Å²) in [6, 6.07) is 0. The Morgan fingerprint density at radius 3 is 2.86 bits per heavy atom. The zero-order valence-corrected chi connectivity index (χ0v) is 12.4. The van der Waals surface area contributed by atoms with Gasteiger partial charge in [0.2, 0.25) is 11.8 Å². The minimum atomic E-state index is -0.491. The van der Waals surface area contributed by atoms with Crippen molar-refractivity contribution < 1.29 is 4.92 Å². The van der Waals surface area contributed by atoms with Crippen LogP contribution >= 0.6 is 11.3 Å². The number of nitrogens with zero attached hydrogens (tertiary/aromatic N) is 4. The van der Waals surface area contributed by atoms with Crippen molar-refractivity contribution in [1.29, 1.82) is 0 Å². The molecule has 0 bridgehead atoms. The van der Waals surface area contributed by atoms with Gasteiger partial charge in [-0.2, -0.15) is 4.98 Å². The van der Waals surface area contributed by atoms with Gasteiger partial charge in [0.1, 0.15) is 6.20 Å². The molecule has 0 aliphatic heterocycles. The molecule has 0 atom stereocenters. The van der Waals surface area contributed by atoms with E-state index in [1.807, 2.05) is 12.3 Å². The van der Waals surface area contributed by atoms with E-state index in [0.29, 0.717) is 18.9 Å². The highest BCUT2D eigenvalue weighted by molar-refractivity contribution is 7.07. The molecule has 2 aromatic rings. The first kappa shape index (κ1) is 15.1. The summed E-state index contributed by atoms with van der Waals surface area (Å²) in [5.74, 6) is 0.613. The summed E-state index contributed by atoms with van der Waals surface area (Å²) in [6.07, 6.45) is 2.82. The van der Waals surface area contributed by atoms with Crippen molar-refractivity contribution in [3.63, 3.8) is 0 Å². The van der Waals surface area contributed by atoms with Gasteiger partial charge in [-0.05, 0) is 6.42 Å². The molecule has 0 radical (unpaired) electrons. The summed E-state index contributed by atoms with van der Waals surface area (Å²) in [4.78, 5) is 22.8. The summed E-state index contributed by atoms with van der Waals surface area (Å²) in [5.41, 5.74) is 2.58. The van der Waals surface area contributed by atoms with E-state index in [9.17, 15) is 10.1 Å². The average Bonchev–Trinajstić information content (AvgIpc) is 2.98. The lowest BCUT2D eigenvalue weighted by Gasteiger charge is -2.08. The first-order valence-electron chi connectivity index (χ1n) is 6.57. The second kappa shape index (κ2) is 7.48. The van der Waals surface area contributed by atoms with Gasteiger partial charge in [0.25, 0.3) is 0 Å². The van der Waals surface area contributed by atoms with Crippen LogP contribution in [0.1, 0.15) is 19.0 Å². The monoisotopic (exact) mass is 308 g/mol. The molecule has 2 heterocycles. The highest BCUT2D eigenvalue weighted by Gasteiger charge is 2.16. The lowest BCUT2D eigenvalue weighted by atomic mass is 10.3. The third-order valence-electron chi connectivity index (χ3n) is 2.66. The van der Waals surface area contributed by atoms with Crippen LogP contribution in [-0.2, 0) is 6.42 Å². The lowest BCUT2D eigenvalue weighted by molar-refractivity contribution is -0.384. The predicted octanol–water partition coefficient (Wildman–Crippen LogP) is 2.32. The van der Waals surface area contributed by atoms with Gasteiger partial charge < -0.3 is 10.6 Å². The van der Waals surface area contributed by atoms with Crippen LogP contribution < -0.4 is 10.6 Å². The molecule has 21 heavy (non-hydrogen) atoms. The Bertz CT molecular complexity index is 589. The van der Waals surface area contributed by atoms with E-state index in [1.165, 1.54) is 17.5 Å². The van der Waals surface area contributed by atoms with E-state index in [0.717, 1.165) is 18.7 Å². The van der Waals surface area contributed by atoms with E-state index in [-0.39, 0.29) is 11.5 Å². The van der Waals surface area contributed by atoms with E-state index in [2.05, 4.69) is 25.6 Å². The molecule has 112 valence electrons.